The Morgan fingerprint density at radius 2 is 0.571 bits per heavy atom. The second-order valence-corrected chi connectivity index (χ2v) is 9.83. The van der Waals surface area contributed by atoms with Crippen molar-refractivity contribution in [1.82, 2.24) is 24.9 Å². The van der Waals surface area contributed by atoms with Gasteiger partial charge < -0.3 is 0 Å². The molecule has 2 aromatic carbocycles. The molecule has 42 heavy (non-hydrogen) atoms. The van der Waals surface area contributed by atoms with Crippen molar-refractivity contribution in [2.45, 2.75) is 0 Å². The van der Waals surface area contributed by atoms with Crippen LogP contribution in [0.3, 0.4) is 0 Å². The Hall–Kier alpha value is -5.81. The molecular weight excluding hydrogens is 514 g/mol. The van der Waals surface area contributed by atoms with Gasteiger partial charge in [0, 0.05) is 34.6 Å². The van der Waals surface area contributed by atoms with Crippen LogP contribution in [0.5, 0.6) is 0 Å². The second-order valence-electron chi connectivity index (χ2n) is 9.83. The monoisotopic (exact) mass is 539 g/mol. The molecule has 0 N–H and O–H groups in total. The molecular formula is C37H25N5. The molecule has 5 heterocycles. The van der Waals surface area contributed by atoms with Crippen LogP contribution in [-0.4, -0.2) is 24.9 Å². The van der Waals surface area contributed by atoms with E-state index in [-0.39, 0.29) is 0 Å². The molecule has 0 radical (unpaired) electrons. The Bertz CT molecular complexity index is 1850. The largest absolute Gasteiger partial charge is 0.263 e. The van der Waals surface area contributed by atoms with Crippen LogP contribution in [0.15, 0.2) is 152 Å². The van der Waals surface area contributed by atoms with Gasteiger partial charge in [0.2, 0.25) is 0 Å². The Labute approximate surface area is 244 Å². The van der Waals surface area contributed by atoms with Gasteiger partial charge in [0.15, 0.2) is 0 Å². The molecule has 0 atom stereocenters. The average Bonchev–Trinajstić information content (AvgIpc) is 3.09. The normalized spacial score (nSPS) is 10.9. The minimum Gasteiger partial charge on any atom is -0.263 e. The molecule has 0 bridgehead atoms. The molecule has 7 aromatic rings. The van der Waals surface area contributed by atoms with E-state index in [0.29, 0.717) is 0 Å². The van der Waals surface area contributed by atoms with E-state index in [2.05, 4.69) is 35.3 Å². The highest BCUT2D eigenvalue weighted by Gasteiger charge is 2.11. The zero-order valence-electron chi connectivity index (χ0n) is 22.7. The lowest BCUT2D eigenvalue weighted by Gasteiger charge is -2.09. The van der Waals surface area contributed by atoms with Crippen LogP contribution >= 0.6 is 0 Å². The Balaban J connectivity index is 1.19. The van der Waals surface area contributed by atoms with Crippen molar-refractivity contribution >= 4 is 0 Å². The summed E-state index contributed by atoms with van der Waals surface area (Å²) in [4.78, 5) is 24.2. The number of rotatable bonds is 6. The molecule has 0 aliphatic heterocycles. The first-order valence-corrected chi connectivity index (χ1v) is 13.8. The number of benzene rings is 2. The highest BCUT2D eigenvalue weighted by molar-refractivity contribution is 5.72. The van der Waals surface area contributed by atoms with Gasteiger partial charge in [-0.05, 0) is 54.6 Å². The van der Waals surface area contributed by atoms with Gasteiger partial charge in [-0.15, -0.1) is 0 Å². The van der Waals surface area contributed by atoms with E-state index in [9.17, 15) is 0 Å². The van der Waals surface area contributed by atoms with Gasteiger partial charge in [-0.1, -0.05) is 84.9 Å². The van der Waals surface area contributed by atoms with Gasteiger partial charge in [0.05, 0.1) is 45.6 Å². The van der Waals surface area contributed by atoms with Gasteiger partial charge in [0.1, 0.15) is 0 Å². The first kappa shape index (κ1) is 25.2. The Morgan fingerprint density at radius 1 is 0.262 bits per heavy atom. The summed E-state index contributed by atoms with van der Waals surface area (Å²) in [6.07, 6.45) is 3.66. The minimum absolute atomic E-state index is 0.806. The third kappa shape index (κ3) is 5.31. The van der Waals surface area contributed by atoms with E-state index in [1.165, 1.54) is 0 Å². The summed E-state index contributed by atoms with van der Waals surface area (Å²) >= 11 is 0. The molecule has 5 heteroatoms. The van der Waals surface area contributed by atoms with Crippen molar-refractivity contribution in [3.63, 3.8) is 0 Å². The Morgan fingerprint density at radius 3 is 0.929 bits per heavy atom. The summed E-state index contributed by atoms with van der Waals surface area (Å²) in [5, 5.41) is 0. The summed E-state index contributed by atoms with van der Waals surface area (Å²) < 4.78 is 0. The maximum Gasteiger partial charge on any atom is 0.0893 e. The van der Waals surface area contributed by atoms with Crippen molar-refractivity contribution in [1.29, 1.82) is 0 Å². The molecule has 5 aromatic heterocycles. The van der Waals surface area contributed by atoms with E-state index < -0.39 is 0 Å². The molecule has 0 saturated carbocycles. The summed E-state index contributed by atoms with van der Waals surface area (Å²) in [6, 6.07) is 46.4. The molecule has 7 rings (SSSR count). The third-order valence-electron chi connectivity index (χ3n) is 6.99. The molecule has 0 spiro atoms. The van der Waals surface area contributed by atoms with Gasteiger partial charge >= 0.3 is 0 Å². The van der Waals surface area contributed by atoms with E-state index in [4.69, 9.17) is 19.9 Å². The zero-order valence-corrected chi connectivity index (χ0v) is 22.7. The van der Waals surface area contributed by atoms with Crippen LogP contribution in [0.25, 0.3) is 67.8 Å². The number of hydrogen-bond acceptors (Lipinski definition) is 5. The number of nitrogens with zero attached hydrogens (tertiary/aromatic N) is 5. The van der Waals surface area contributed by atoms with Crippen LogP contribution < -0.4 is 0 Å². The molecule has 0 unspecified atom stereocenters. The smallest absolute Gasteiger partial charge is 0.0893 e. The number of hydrogen-bond donors (Lipinski definition) is 0. The average molecular weight is 540 g/mol. The lowest BCUT2D eigenvalue weighted by molar-refractivity contribution is 1.22. The highest BCUT2D eigenvalue weighted by atomic mass is 14.8. The SMILES string of the molecule is c1ccc(-c2cccc(-c3cccc(-c4cncc(-c5cccc(-c6cccc(-c7ccccc7)n6)n5)c4)n3)n2)cc1. The van der Waals surface area contributed by atoms with Crippen molar-refractivity contribution in [3.8, 4) is 67.8 Å². The lowest BCUT2D eigenvalue weighted by atomic mass is 10.1. The number of aromatic nitrogens is 5. The standard InChI is InChI=1S/C37H25N5/c1-3-11-26(12-4-1)30-15-7-19-34(39-30)36-21-9-17-32(41-36)28-23-29(25-38-24-28)33-18-10-22-37(42-33)35-20-8-16-31(40-35)27-13-5-2-6-14-27/h1-25H. The van der Waals surface area contributed by atoms with Gasteiger partial charge in [-0.3, -0.25) is 4.98 Å². The van der Waals surface area contributed by atoms with Gasteiger partial charge in [-0.25, -0.2) is 19.9 Å². The van der Waals surface area contributed by atoms with Crippen molar-refractivity contribution in [2.75, 3.05) is 0 Å². The van der Waals surface area contributed by atoms with Crippen LogP contribution in [0.4, 0.5) is 0 Å². The van der Waals surface area contributed by atoms with Crippen molar-refractivity contribution in [3.05, 3.63) is 152 Å². The topological polar surface area (TPSA) is 64.5 Å². The van der Waals surface area contributed by atoms with E-state index in [1.54, 1.807) is 0 Å². The van der Waals surface area contributed by atoms with Gasteiger partial charge in [0.25, 0.3) is 0 Å². The first-order valence-electron chi connectivity index (χ1n) is 13.8. The van der Waals surface area contributed by atoms with Crippen molar-refractivity contribution in [2.24, 2.45) is 0 Å². The summed E-state index contributed by atoms with van der Waals surface area (Å²) in [5.41, 5.74) is 10.7. The van der Waals surface area contributed by atoms with Crippen LogP contribution in [0.2, 0.25) is 0 Å². The zero-order chi connectivity index (χ0) is 28.1. The maximum absolute atomic E-state index is 4.95. The third-order valence-corrected chi connectivity index (χ3v) is 6.99. The van der Waals surface area contributed by atoms with Gasteiger partial charge in [-0.2, -0.15) is 0 Å². The predicted octanol–water partition coefficient (Wildman–Crippen LogP) is 8.66. The summed E-state index contributed by atoms with van der Waals surface area (Å²) in [7, 11) is 0. The highest BCUT2D eigenvalue weighted by Crippen LogP contribution is 2.28. The molecule has 0 amide bonds. The minimum atomic E-state index is 0.806. The summed E-state index contributed by atoms with van der Waals surface area (Å²) in [5.74, 6) is 0. The fourth-order valence-electron chi connectivity index (χ4n) is 4.89. The fraction of sp³-hybridized carbons (Fsp3) is 0. The van der Waals surface area contributed by atoms with Crippen LogP contribution in [0, 0.1) is 0 Å². The molecule has 5 nitrogen and oxygen atoms in total. The second kappa shape index (κ2) is 11.4. The molecule has 0 fully saturated rings. The lowest BCUT2D eigenvalue weighted by Crippen LogP contribution is -1.94. The van der Waals surface area contributed by atoms with E-state index in [0.717, 1.165) is 67.8 Å². The molecule has 0 saturated heterocycles. The Kier molecular flexibility index (Phi) is 6.81. The quantitative estimate of drug-likeness (QED) is 0.212. The maximum atomic E-state index is 4.95. The number of pyridine rings is 5. The molecule has 198 valence electrons. The summed E-state index contributed by atoms with van der Waals surface area (Å²) in [6.45, 7) is 0. The molecule has 0 aliphatic rings. The van der Waals surface area contributed by atoms with E-state index in [1.807, 2.05) is 122 Å². The molecule has 0 aliphatic carbocycles. The van der Waals surface area contributed by atoms with Crippen molar-refractivity contribution < 1.29 is 0 Å². The first-order chi connectivity index (χ1) is 20.8. The predicted molar refractivity (Wildman–Crippen MR) is 168 cm³/mol. The van der Waals surface area contributed by atoms with Crippen LogP contribution in [0.1, 0.15) is 0 Å². The fourth-order valence-corrected chi connectivity index (χ4v) is 4.89. The van der Waals surface area contributed by atoms with Crippen LogP contribution in [-0.2, 0) is 0 Å². The van der Waals surface area contributed by atoms with E-state index >= 15 is 0 Å².